The van der Waals surface area contributed by atoms with Gasteiger partial charge in [0.1, 0.15) is 5.58 Å². The molecule has 0 fully saturated rings. The van der Waals surface area contributed by atoms with Crippen molar-refractivity contribution >= 4 is 81.3 Å². The Kier molecular flexibility index (Phi) is 6.39. The van der Waals surface area contributed by atoms with Crippen LogP contribution in [0.2, 0.25) is 0 Å². The fourth-order valence-electron chi connectivity index (χ4n) is 7.32. The molecule has 0 amide bonds. The molecule has 0 unspecified atom stereocenters. The fraction of sp³-hybridized carbons (Fsp3) is 0. The van der Waals surface area contributed by atoms with Crippen LogP contribution in [0.15, 0.2) is 180 Å². The van der Waals surface area contributed by atoms with E-state index in [1.807, 2.05) is 17.4 Å². The van der Waals surface area contributed by atoms with E-state index in [0.29, 0.717) is 0 Å². The molecule has 2 nitrogen and oxygen atoms in total. The Labute approximate surface area is 287 Å². The summed E-state index contributed by atoms with van der Waals surface area (Å²) in [4.78, 5) is 2.35. The number of thiophene rings is 1. The molecule has 8 aromatic carbocycles. The normalized spacial score (nSPS) is 11.7. The molecule has 2 heterocycles. The summed E-state index contributed by atoms with van der Waals surface area (Å²) in [6, 6.07) is 63.3. The van der Waals surface area contributed by atoms with E-state index in [9.17, 15) is 0 Å². The van der Waals surface area contributed by atoms with Gasteiger partial charge in [0.2, 0.25) is 0 Å². The Bertz CT molecular complexity index is 2840. The van der Waals surface area contributed by atoms with E-state index in [1.54, 1.807) is 0 Å². The molecule has 0 radical (unpaired) electrons. The minimum Gasteiger partial charge on any atom is -0.454 e. The Morgan fingerprint density at radius 3 is 2.04 bits per heavy atom. The number of para-hydroxylation sites is 2. The van der Waals surface area contributed by atoms with Crippen LogP contribution in [0, 0.1) is 0 Å². The predicted molar refractivity (Wildman–Crippen MR) is 210 cm³/mol. The SMILES string of the molecule is c1ccc(-c2cc(N(c3ccc4ccccc4c3)c3cccc4c3oc3ccccc34)ccc2-c2ccc3c(c2)sc2ccccc23)cc1. The van der Waals surface area contributed by atoms with E-state index in [-0.39, 0.29) is 0 Å². The van der Waals surface area contributed by atoms with E-state index in [1.165, 1.54) is 53.2 Å². The van der Waals surface area contributed by atoms with Crippen molar-refractivity contribution in [3.63, 3.8) is 0 Å². The molecule has 0 aliphatic carbocycles. The summed E-state index contributed by atoms with van der Waals surface area (Å²) < 4.78 is 9.25. The van der Waals surface area contributed by atoms with Crippen molar-refractivity contribution in [2.45, 2.75) is 0 Å². The maximum atomic E-state index is 6.63. The minimum absolute atomic E-state index is 0.873. The van der Waals surface area contributed by atoms with E-state index in [0.717, 1.165) is 39.0 Å². The molecule has 0 aliphatic rings. The van der Waals surface area contributed by atoms with Gasteiger partial charge in [0.25, 0.3) is 0 Å². The first-order valence-corrected chi connectivity index (χ1v) is 17.4. The van der Waals surface area contributed by atoms with Crippen LogP contribution in [0.5, 0.6) is 0 Å². The van der Waals surface area contributed by atoms with Gasteiger partial charge >= 0.3 is 0 Å². The highest BCUT2D eigenvalue weighted by atomic mass is 32.1. The van der Waals surface area contributed by atoms with Gasteiger partial charge in [0.15, 0.2) is 5.58 Å². The van der Waals surface area contributed by atoms with Crippen molar-refractivity contribution in [2.24, 2.45) is 0 Å². The van der Waals surface area contributed by atoms with Gasteiger partial charge in [-0.15, -0.1) is 11.3 Å². The fourth-order valence-corrected chi connectivity index (χ4v) is 8.47. The van der Waals surface area contributed by atoms with Crippen LogP contribution in [0.4, 0.5) is 17.1 Å². The molecule has 0 aliphatic heterocycles. The lowest BCUT2D eigenvalue weighted by atomic mass is 9.93. The number of furan rings is 1. The third-order valence-corrected chi connectivity index (χ3v) is 10.8. The standard InChI is InChI=1S/C46H29NOS/c1-2-12-31(13-3-1)41-29-35(24-26-36(41)33-22-25-39-38-16-7-9-20-44(38)49-45(39)28-33)47(34-23-21-30-11-4-5-14-32(30)27-34)42-18-10-17-40-37-15-6-8-19-43(37)48-46(40)42/h1-29H. The van der Waals surface area contributed by atoms with E-state index in [4.69, 9.17) is 4.42 Å². The van der Waals surface area contributed by atoms with Gasteiger partial charge in [-0.25, -0.2) is 0 Å². The zero-order chi connectivity index (χ0) is 32.3. The lowest BCUT2D eigenvalue weighted by Gasteiger charge is -2.27. The summed E-state index contributed by atoms with van der Waals surface area (Å²) in [5, 5.41) is 7.26. The van der Waals surface area contributed by atoms with Crippen LogP contribution in [-0.4, -0.2) is 0 Å². The number of hydrogen-bond acceptors (Lipinski definition) is 3. The Hall–Kier alpha value is -6.16. The zero-order valence-corrected chi connectivity index (χ0v) is 27.3. The van der Waals surface area contributed by atoms with Crippen molar-refractivity contribution in [2.75, 3.05) is 4.90 Å². The predicted octanol–water partition coefficient (Wildman–Crippen LogP) is 13.9. The number of fused-ring (bicyclic) bond motifs is 7. The zero-order valence-electron chi connectivity index (χ0n) is 26.5. The highest BCUT2D eigenvalue weighted by Crippen LogP contribution is 2.46. The summed E-state index contributed by atoms with van der Waals surface area (Å²) in [6.07, 6.45) is 0. The molecule has 0 saturated heterocycles. The lowest BCUT2D eigenvalue weighted by Crippen LogP contribution is -2.10. The summed E-state index contributed by atoms with van der Waals surface area (Å²) in [5.74, 6) is 0. The van der Waals surface area contributed by atoms with E-state index >= 15 is 0 Å². The van der Waals surface area contributed by atoms with Crippen LogP contribution >= 0.6 is 11.3 Å². The van der Waals surface area contributed by atoms with Gasteiger partial charge in [-0.1, -0.05) is 127 Å². The molecular formula is C46H29NOS. The second-order valence-electron chi connectivity index (χ2n) is 12.5. The molecule has 0 bridgehead atoms. The number of hydrogen-bond donors (Lipinski definition) is 0. The largest absolute Gasteiger partial charge is 0.454 e. The third-order valence-electron chi connectivity index (χ3n) is 9.65. The van der Waals surface area contributed by atoms with Crippen LogP contribution in [0.1, 0.15) is 0 Å². The number of rotatable bonds is 5. The average Bonchev–Trinajstić information content (AvgIpc) is 3.74. The van der Waals surface area contributed by atoms with Crippen molar-refractivity contribution in [3.8, 4) is 22.3 Å². The average molecular weight is 644 g/mol. The van der Waals surface area contributed by atoms with E-state index < -0.39 is 0 Å². The monoisotopic (exact) mass is 643 g/mol. The third kappa shape index (κ3) is 4.62. The van der Waals surface area contributed by atoms with Gasteiger partial charge in [-0.2, -0.15) is 0 Å². The smallest absolute Gasteiger partial charge is 0.159 e. The lowest BCUT2D eigenvalue weighted by molar-refractivity contribution is 0.669. The Balaban J connectivity index is 1.22. The molecule has 49 heavy (non-hydrogen) atoms. The quantitative estimate of drug-likeness (QED) is 0.186. The maximum Gasteiger partial charge on any atom is 0.159 e. The van der Waals surface area contributed by atoms with Crippen LogP contribution in [0.25, 0.3) is 75.1 Å². The molecule has 0 atom stereocenters. The summed E-state index contributed by atoms with van der Waals surface area (Å²) >= 11 is 1.86. The first kappa shape index (κ1) is 27.9. The van der Waals surface area contributed by atoms with Crippen molar-refractivity contribution in [3.05, 3.63) is 176 Å². The number of nitrogens with zero attached hydrogens (tertiary/aromatic N) is 1. The second-order valence-corrected chi connectivity index (χ2v) is 13.6. The number of anilines is 3. The molecule has 0 N–H and O–H groups in total. The van der Waals surface area contributed by atoms with Gasteiger partial charge in [0.05, 0.1) is 5.69 Å². The molecule has 2 aromatic heterocycles. The van der Waals surface area contributed by atoms with Gasteiger partial charge in [0, 0.05) is 42.3 Å². The molecule has 0 spiro atoms. The first-order valence-electron chi connectivity index (χ1n) is 16.6. The first-order chi connectivity index (χ1) is 24.3. The second kappa shape index (κ2) is 11.2. The molecular weight excluding hydrogens is 615 g/mol. The molecule has 230 valence electrons. The minimum atomic E-state index is 0.873. The summed E-state index contributed by atoms with van der Waals surface area (Å²) in [6.45, 7) is 0. The van der Waals surface area contributed by atoms with Gasteiger partial charge in [-0.3, -0.25) is 0 Å². The van der Waals surface area contributed by atoms with Crippen molar-refractivity contribution < 1.29 is 4.42 Å². The van der Waals surface area contributed by atoms with Gasteiger partial charge in [-0.05, 0) is 81.6 Å². The molecule has 3 heteroatoms. The Morgan fingerprint density at radius 1 is 0.408 bits per heavy atom. The maximum absolute atomic E-state index is 6.63. The Morgan fingerprint density at radius 2 is 1.12 bits per heavy atom. The topological polar surface area (TPSA) is 16.4 Å². The van der Waals surface area contributed by atoms with E-state index in [2.05, 4.69) is 175 Å². The summed E-state index contributed by atoms with van der Waals surface area (Å²) in [5.41, 5.74) is 9.67. The van der Waals surface area contributed by atoms with Crippen LogP contribution in [0.3, 0.4) is 0 Å². The van der Waals surface area contributed by atoms with Crippen LogP contribution < -0.4 is 4.90 Å². The summed E-state index contributed by atoms with van der Waals surface area (Å²) in [7, 11) is 0. The molecule has 10 rings (SSSR count). The highest BCUT2D eigenvalue weighted by Gasteiger charge is 2.21. The van der Waals surface area contributed by atoms with Crippen molar-refractivity contribution in [1.82, 2.24) is 0 Å². The number of benzene rings is 8. The molecule has 0 saturated carbocycles. The van der Waals surface area contributed by atoms with Crippen LogP contribution in [-0.2, 0) is 0 Å². The van der Waals surface area contributed by atoms with Crippen molar-refractivity contribution in [1.29, 1.82) is 0 Å². The highest BCUT2D eigenvalue weighted by molar-refractivity contribution is 7.25. The molecule has 10 aromatic rings. The van der Waals surface area contributed by atoms with Gasteiger partial charge < -0.3 is 9.32 Å².